The van der Waals surface area contributed by atoms with Gasteiger partial charge in [0, 0.05) is 19.8 Å². The van der Waals surface area contributed by atoms with Crippen LogP contribution < -0.4 is 4.74 Å². The van der Waals surface area contributed by atoms with Gasteiger partial charge < -0.3 is 9.64 Å². The standard InChI is InChI=1S/C18H18Cl3N5O2/c1-3-26-16(14(21)9-22-26)10-24(2)18(27)15-7-8-25(23-15)11-28-17-12(19)5-4-6-13(17)20/h4-9H,3,10-11H2,1-2H3. The van der Waals surface area contributed by atoms with Crippen LogP contribution in [0.15, 0.2) is 36.7 Å². The molecule has 2 heterocycles. The van der Waals surface area contributed by atoms with Gasteiger partial charge in [-0.3, -0.25) is 9.48 Å². The predicted molar refractivity (Wildman–Crippen MR) is 108 cm³/mol. The first kappa shape index (κ1) is 20.5. The molecule has 28 heavy (non-hydrogen) atoms. The van der Waals surface area contributed by atoms with Gasteiger partial charge in [0.25, 0.3) is 5.91 Å². The molecule has 0 unspecified atom stereocenters. The minimum atomic E-state index is -0.241. The second kappa shape index (κ2) is 8.86. The average molecular weight is 443 g/mol. The van der Waals surface area contributed by atoms with Gasteiger partial charge in [0.2, 0.25) is 0 Å². The molecule has 0 atom stereocenters. The molecule has 0 radical (unpaired) electrons. The van der Waals surface area contributed by atoms with Crippen LogP contribution >= 0.6 is 34.8 Å². The Balaban J connectivity index is 1.65. The van der Waals surface area contributed by atoms with E-state index in [1.54, 1.807) is 48.4 Å². The summed E-state index contributed by atoms with van der Waals surface area (Å²) < 4.78 is 8.87. The van der Waals surface area contributed by atoms with Crippen LogP contribution in [0.2, 0.25) is 15.1 Å². The molecule has 0 saturated heterocycles. The molecule has 2 aromatic heterocycles. The lowest BCUT2D eigenvalue weighted by Crippen LogP contribution is -2.28. The van der Waals surface area contributed by atoms with Crippen LogP contribution in [0, 0.1) is 0 Å². The van der Waals surface area contributed by atoms with Gasteiger partial charge in [0.05, 0.1) is 33.5 Å². The fourth-order valence-electron chi connectivity index (χ4n) is 2.61. The molecule has 0 N–H and O–H groups in total. The van der Waals surface area contributed by atoms with Crippen LogP contribution in [-0.2, 0) is 19.8 Å². The Morgan fingerprint density at radius 1 is 1.18 bits per heavy atom. The molecule has 0 aliphatic rings. The third-order valence-electron chi connectivity index (χ3n) is 4.05. The fourth-order valence-corrected chi connectivity index (χ4v) is 3.32. The lowest BCUT2D eigenvalue weighted by molar-refractivity contribution is 0.0773. The number of hydrogen-bond donors (Lipinski definition) is 0. The highest BCUT2D eigenvalue weighted by Gasteiger charge is 2.18. The summed E-state index contributed by atoms with van der Waals surface area (Å²) in [6, 6.07) is 6.72. The fraction of sp³-hybridized carbons (Fsp3) is 0.278. The van der Waals surface area contributed by atoms with E-state index < -0.39 is 0 Å². The second-order valence-corrected chi connectivity index (χ2v) is 7.20. The molecule has 0 aliphatic carbocycles. The maximum Gasteiger partial charge on any atom is 0.274 e. The summed E-state index contributed by atoms with van der Waals surface area (Å²) in [5, 5.41) is 9.77. The highest BCUT2D eigenvalue weighted by molar-refractivity contribution is 6.37. The van der Waals surface area contributed by atoms with E-state index in [0.29, 0.717) is 33.9 Å². The molecule has 1 amide bonds. The molecule has 3 aromatic rings. The number of aromatic nitrogens is 4. The van der Waals surface area contributed by atoms with Crippen molar-refractivity contribution < 1.29 is 9.53 Å². The third-order valence-corrected chi connectivity index (χ3v) is 4.96. The molecule has 0 spiro atoms. The van der Waals surface area contributed by atoms with Crippen molar-refractivity contribution in [2.24, 2.45) is 0 Å². The number of ether oxygens (including phenoxy) is 1. The van der Waals surface area contributed by atoms with E-state index >= 15 is 0 Å². The van der Waals surface area contributed by atoms with Crippen molar-refractivity contribution in [3.05, 3.63) is 63.1 Å². The number of amides is 1. The van der Waals surface area contributed by atoms with Gasteiger partial charge >= 0.3 is 0 Å². The molecule has 3 rings (SSSR count). The van der Waals surface area contributed by atoms with Gasteiger partial charge in [-0.2, -0.15) is 10.2 Å². The van der Waals surface area contributed by atoms with E-state index in [1.165, 1.54) is 9.58 Å². The van der Waals surface area contributed by atoms with Gasteiger partial charge in [-0.1, -0.05) is 40.9 Å². The Hall–Kier alpha value is -2.22. The number of rotatable bonds is 7. The zero-order valence-electron chi connectivity index (χ0n) is 15.3. The summed E-state index contributed by atoms with van der Waals surface area (Å²) in [6.45, 7) is 3.02. The van der Waals surface area contributed by atoms with Crippen molar-refractivity contribution >= 4 is 40.7 Å². The zero-order chi connectivity index (χ0) is 20.3. The molecule has 148 valence electrons. The van der Waals surface area contributed by atoms with E-state index in [9.17, 15) is 4.79 Å². The van der Waals surface area contributed by atoms with Gasteiger partial charge in [-0.25, -0.2) is 4.68 Å². The van der Waals surface area contributed by atoms with Crippen molar-refractivity contribution in [2.75, 3.05) is 7.05 Å². The summed E-state index contributed by atoms with van der Waals surface area (Å²) in [4.78, 5) is 14.2. The number of carbonyl (C=O) groups is 1. The minimum Gasteiger partial charge on any atom is -0.468 e. The van der Waals surface area contributed by atoms with Crippen LogP contribution in [0.25, 0.3) is 0 Å². The van der Waals surface area contributed by atoms with Crippen molar-refractivity contribution in [2.45, 2.75) is 26.7 Å². The Morgan fingerprint density at radius 2 is 1.89 bits per heavy atom. The third kappa shape index (κ3) is 4.43. The van der Waals surface area contributed by atoms with Crippen LogP contribution in [0.4, 0.5) is 0 Å². The molecule has 1 aromatic carbocycles. The Morgan fingerprint density at radius 3 is 2.57 bits per heavy atom. The highest BCUT2D eigenvalue weighted by Crippen LogP contribution is 2.32. The number of nitrogens with zero attached hydrogens (tertiary/aromatic N) is 5. The second-order valence-electron chi connectivity index (χ2n) is 5.98. The molecule has 0 bridgehead atoms. The number of hydrogen-bond acceptors (Lipinski definition) is 4. The minimum absolute atomic E-state index is 0.0644. The number of aryl methyl sites for hydroxylation is 1. The molecular formula is C18H18Cl3N5O2. The van der Waals surface area contributed by atoms with Crippen LogP contribution in [0.5, 0.6) is 5.75 Å². The van der Waals surface area contributed by atoms with E-state index in [1.807, 2.05) is 6.92 Å². The molecule has 10 heteroatoms. The molecular weight excluding hydrogens is 425 g/mol. The number of halogens is 3. The number of para-hydroxylation sites is 1. The topological polar surface area (TPSA) is 65.2 Å². The van der Waals surface area contributed by atoms with Crippen LogP contribution in [-0.4, -0.2) is 37.4 Å². The normalized spacial score (nSPS) is 10.9. The SMILES string of the molecule is CCn1ncc(Cl)c1CN(C)C(=O)c1ccn(COc2c(Cl)cccc2Cl)n1. The van der Waals surface area contributed by atoms with E-state index in [4.69, 9.17) is 39.5 Å². The van der Waals surface area contributed by atoms with Gasteiger partial charge in [0.1, 0.15) is 0 Å². The van der Waals surface area contributed by atoms with Crippen molar-refractivity contribution in [1.82, 2.24) is 24.5 Å². The van der Waals surface area contributed by atoms with E-state index in [-0.39, 0.29) is 18.3 Å². The lowest BCUT2D eigenvalue weighted by atomic mass is 10.3. The summed E-state index contributed by atoms with van der Waals surface area (Å²) in [7, 11) is 1.69. The first-order valence-electron chi connectivity index (χ1n) is 8.46. The van der Waals surface area contributed by atoms with Crippen LogP contribution in [0.1, 0.15) is 23.1 Å². The van der Waals surface area contributed by atoms with Crippen molar-refractivity contribution in [3.63, 3.8) is 0 Å². The number of benzene rings is 1. The van der Waals surface area contributed by atoms with Gasteiger partial charge in [0.15, 0.2) is 18.2 Å². The predicted octanol–water partition coefficient (Wildman–Crippen LogP) is 4.37. The smallest absolute Gasteiger partial charge is 0.274 e. The van der Waals surface area contributed by atoms with Gasteiger partial charge in [-0.15, -0.1) is 0 Å². The maximum atomic E-state index is 12.7. The van der Waals surface area contributed by atoms with Crippen molar-refractivity contribution in [3.8, 4) is 5.75 Å². The summed E-state index contributed by atoms with van der Waals surface area (Å²) in [6.07, 6.45) is 3.22. The molecule has 0 aliphatic heterocycles. The monoisotopic (exact) mass is 441 g/mol. The first-order chi connectivity index (χ1) is 13.4. The highest BCUT2D eigenvalue weighted by atomic mass is 35.5. The average Bonchev–Trinajstić information content (AvgIpc) is 3.28. The summed E-state index contributed by atoms with van der Waals surface area (Å²) >= 11 is 18.3. The quantitative estimate of drug-likeness (QED) is 0.545. The Labute approximate surface area is 177 Å². The lowest BCUT2D eigenvalue weighted by Gasteiger charge is -2.17. The molecule has 0 fully saturated rings. The summed E-state index contributed by atoms with van der Waals surface area (Å²) in [5.41, 5.74) is 1.06. The zero-order valence-corrected chi connectivity index (χ0v) is 17.5. The van der Waals surface area contributed by atoms with Crippen molar-refractivity contribution in [1.29, 1.82) is 0 Å². The van der Waals surface area contributed by atoms with E-state index in [0.717, 1.165) is 5.69 Å². The summed E-state index contributed by atoms with van der Waals surface area (Å²) in [5.74, 6) is 0.128. The van der Waals surface area contributed by atoms with Crippen LogP contribution in [0.3, 0.4) is 0 Å². The largest absolute Gasteiger partial charge is 0.468 e. The van der Waals surface area contributed by atoms with Gasteiger partial charge in [-0.05, 0) is 25.1 Å². The van der Waals surface area contributed by atoms with E-state index in [2.05, 4.69) is 10.2 Å². The number of carbonyl (C=O) groups excluding carboxylic acids is 1. The molecule has 7 nitrogen and oxygen atoms in total. The molecule has 0 saturated carbocycles. The Bertz CT molecular complexity index is 965. The maximum absolute atomic E-state index is 12.7. The Kier molecular flexibility index (Phi) is 6.49. The first-order valence-corrected chi connectivity index (χ1v) is 9.60.